The van der Waals surface area contributed by atoms with Gasteiger partial charge in [-0.2, -0.15) is 10.5 Å². The molecule has 0 radical (unpaired) electrons. The number of nitrogens with zero attached hydrogens (tertiary/aromatic N) is 3. The van der Waals surface area contributed by atoms with Crippen molar-refractivity contribution < 1.29 is 14.3 Å². The molecular formula is C22H26ClN5O3. The summed E-state index contributed by atoms with van der Waals surface area (Å²) in [4.78, 5) is 15.4. The Labute approximate surface area is 187 Å². The van der Waals surface area contributed by atoms with Crippen LogP contribution in [0.1, 0.15) is 35.2 Å². The van der Waals surface area contributed by atoms with Gasteiger partial charge in [-0.1, -0.05) is 11.6 Å². The lowest BCUT2D eigenvalue weighted by Crippen LogP contribution is -2.45. The fourth-order valence-corrected chi connectivity index (χ4v) is 4.18. The van der Waals surface area contributed by atoms with Crippen molar-refractivity contribution in [3.8, 4) is 17.9 Å². The number of carbonyl (C=O) groups is 1. The number of amides is 1. The van der Waals surface area contributed by atoms with E-state index >= 15 is 0 Å². The number of rotatable bonds is 8. The molecule has 0 spiro atoms. The number of nitrogens with one attached hydrogen (secondary N) is 2. The topological polar surface area (TPSA) is 110 Å². The monoisotopic (exact) mass is 443 g/mol. The van der Waals surface area contributed by atoms with Gasteiger partial charge in [-0.15, -0.1) is 0 Å². The third-order valence-electron chi connectivity index (χ3n) is 5.52. The van der Waals surface area contributed by atoms with Crippen LogP contribution < -0.4 is 15.4 Å². The normalized spacial score (nSPS) is 15.9. The number of hydrogen-bond donors (Lipinski definition) is 2. The van der Waals surface area contributed by atoms with Crippen molar-refractivity contribution in [3.63, 3.8) is 0 Å². The summed E-state index contributed by atoms with van der Waals surface area (Å²) < 4.78 is 10.8. The number of nitriles is 2. The van der Waals surface area contributed by atoms with Gasteiger partial charge < -0.3 is 25.0 Å². The van der Waals surface area contributed by atoms with Gasteiger partial charge in [-0.3, -0.25) is 4.79 Å². The molecule has 1 fully saturated rings. The highest BCUT2D eigenvalue weighted by Gasteiger charge is 2.28. The lowest BCUT2D eigenvalue weighted by Gasteiger charge is -2.32. The molecule has 0 bridgehead atoms. The fourth-order valence-electron chi connectivity index (χ4n) is 3.90. The van der Waals surface area contributed by atoms with Crippen LogP contribution in [0.2, 0.25) is 5.02 Å². The lowest BCUT2D eigenvalue weighted by atomic mass is 10.0. The van der Waals surface area contributed by atoms with E-state index in [0.29, 0.717) is 35.1 Å². The van der Waals surface area contributed by atoms with Gasteiger partial charge >= 0.3 is 0 Å². The van der Waals surface area contributed by atoms with Crippen LogP contribution in [0.3, 0.4) is 0 Å². The van der Waals surface area contributed by atoms with Crippen molar-refractivity contribution in [1.82, 2.24) is 10.2 Å². The van der Waals surface area contributed by atoms with Gasteiger partial charge in [0.25, 0.3) is 5.91 Å². The molecule has 164 valence electrons. The number of piperidine rings is 1. The maximum atomic E-state index is 13.0. The van der Waals surface area contributed by atoms with Crippen LogP contribution in [0.5, 0.6) is 5.75 Å². The van der Waals surface area contributed by atoms with E-state index in [4.69, 9.17) is 31.6 Å². The highest BCUT2D eigenvalue weighted by atomic mass is 35.5. The van der Waals surface area contributed by atoms with Gasteiger partial charge in [0.15, 0.2) is 0 Å². The van der Waals surface area contributed by atoms with Crippen LogP contribution in [0, 0.1) is 22.7 Å². The predicted molar refractivity (Wildman–Crippen MR) is 117 cm³/mol. The maximum absolute atomic E-state index is 13.0. The zero-order chi connectivity index (χ0) is 22.2. The Morgan fingerprint density at radius 2 is 2.13 bits per heavy atom. The van der Waals surface area contributed by atoms with Crippen molar-refractivity contribution in [1.29, 1.82) is 10.5 Å². The van der Waals surface area contributed by atoms with Crippen LogP contribution in [-0.4, -0.2) is 56.8 Å². The van der Waals surface area contributed by atoms with Gasteiger partial charge in [-0.05, 0) is 25.3 Å². The summed E-state index contributed by atoms with van der Waals surface area (Å²) in [5.41, 5.74) is 1.67. The van der Waals surface area contributed by atoms with Crippen LogP contribution in [-0.2, 0) is 11.2 Å². The molecule has 8 nitrogen and oxygen atoms in total. The maximum Gasteiger partial charge on any atom is 0.255 e. The minimum Gasteiger partial charge on any atom is -0.492 e. The summed E-state index contributed by atoms with van der Waals surface area (Å²) in [6.45, 7) is 4.10. The molecule has 3 rings (SSSR count). The average Bonchev–Trinajstić information content (AvgIpc) is 3.26. The van der Waals surface area contributed by atoms with Gasteiger partial charge in [0, 0.05) is 57.6 Å². The van der Waals surface area contributed by atoms with Gasteiger partial charge in [0.05, 0.1) is 22.9 Å². The highest BCUT2D eigenvalue weighted by molar-refractivity contribution is 6.34. The van der Waals surface area contributed by atoms with E-state index in [2.05, 4.69) is 15.5 Å². The minimum atomic E-state index is -0.199. The molecule has 2 heterocycles. The van der Waals surface area contributed by atoms with E-state index in [1.165, 1.54) is 6.20 Å². The number of methoxy groups -OCH3 is 1. The Morgan fingerprint density at radius 3 is 2.81 bits per heavy atom. The molecule has 0 aliphatic carbocycles. The molecule has 0 aromatic heterocycles. The second-order valence-electron chi connectivity index (χ2n) is 7.55. The molecule has 0 atom stereocenters. The number of allylic oxidation sites excluding steroid dienone is 1. The number of benzene rings is 1. The van der Waals surface area contributed by atoms with Gasteiger partial charge in [0.2, 0.25) is 0 Å². The fraction of sp³-hybridized carbons (Fsp3) is 0.500. The molecule has 1 aromatic carbocycles. The predicted octanol–water partition coefficient (Wildman–Crippen LogP) is 2.85. The van der Waals surface area contributed by atoms with Crippen molar-refractivity contribution in [3.05, 3.63) is 34.0 Å². The number of ether oxygens (including phenoxy) is 2. The van der Waals surface area contributed by atoms with E-state index in [1.54, 1.807) is 25.3 Å². The molecule has 2 N–H and O–H groups in total. The standard InChI is InChI=1S/C22H26ClN5O3/c1-30-9-2-6-28-7-3-16(4-8-28)27-22(29)18-11-19(23)20(17-5-10-31-21(17)18)26-14-15(12-24)13-25/h11,14,16,26H,2-10H2,1H3,(H,27,29). The molecule has 9 heteroatoms. The van der Waals surface area contributed by atoms with Crippen molar-refractivity contribution in [2.45, 2.75) is 31.7 Å². The number of carbonyl (C=O) groups excluding carboxylic acids is 1. The summed E-state index contributed by atoms with van der Waals surface area (Å²) in [6, 6.07) is 5.27. The van der Waals surface area contributed by atoms with E-state index in [-0.39, 0.29) is 17.5 Å². The lowest BCUT2D eigenvalue weighted by molar-refractivity contribution is 0.0904. The first-order valence-corrected chi connectivity index (χ1v) is 10.7. The quantitative estimate of drug-likeness (QED) is 0.469. The first-order chi connectivity index (χ1) is 15.1. The second-order valence-corrected chi connectivity index (χ2v) is 7.96. The molecule has 1 aromatic rings. The van der Waals surface area contributed by atoms with E-state index in [0.717, 1.165) is 51.1 Å². The number of likely N-dealkylation sites (tertiary alicyclic amines) is 1. The Kier molecular flexibility index (Phi) is 8.13. The van der Waals surface area contributed by atoms with Gasteiger partial charge in [0.1, 0.15) is 23.5 Å². The Hall–Kier alpha value is -2.78. The van der Waals surface area contributed by atoms with E-state index in [1.807, 2.05) is 0 Å². The van der Waals surface area contributed by atoms with Crippen LogP contribution in [0.15, 0.2) is 17.8 Å². The van der Waals surface area contributed by atoms with Crippen molar-refractivity contribution in [2.75, 3.05) is 45.3 Å². The summed E-state index contributed by atoms with van der Waals surface area (Å²) in [6.07, 6.45) is 4.69. The first-order valence-electron chi connectivity index (χ1n) is 10.3. The molecule has 1 saturated heterocycles. The number of anilines is 1. The summed E-state index contributed by atoms with van der Waals surface area (Å²) in [5, 5.41) is 24.2. The SMILES string of the molecule is COCCCN1CCC(NC(=O)c2cc(Cl)c(NC=C(C#N)C#N)c3c2OCC3)CC1. The molecule has 0 saturated carbocycles. The average molecular weight is 444 g/mol. The van der Waals surface area contributed by atoms with Crippen LogP contribution >= 0.6 is 11.6 Å². The molecule has 31 heavy (non-hydrogen) atoms. The number of fused-ring (bicyclic) bond motifs is 1. The molecule has 1 amide bonds. The third kappa shape index (κ3) is 5.68. The largest absolute Gasteiger partial charge is 0.492 e. The Morgan fingerprint density at radius 1 is 1.39 bits per heavy atom. The molecule has 2 aliphatic rings. The van der Waals surface area contributed by atoms with Crippen molar-refractivity contribution >= 4 is 23.2 Å². The van der Waals surface area contributed by atoms with Gasteiger partial charge in [-0.25, -0.2) is 0 Å². The smallest absolute Gasteiger partial charge is 0.255 e. The third-order valence-corrected chi connectivity index (χ3v) is 5.82. The number of hydrogen-bond acceptors (Lipinski definition) is 7. The Bertz CT molecular complexity index is 911. The van der Waals surface area contributed by atoms with Crippen molar-refractivity contribution in [2.24, 2.45) is 0 Å². The number of halogens is 1. The Balaban J connectivity index is 1.67. The van der Waals surface area contributed by atoms with Crippen LogP contribution in [0.25, 0.3) is 0 Å². The molecular weight excluding hydrogens is 418 g/mol. The van der Waals surface area contributed by atoms with Crippen LogP contribution in [0.4, 0.5) is 5.69 Å². The summed E-state index contributed by atoms with van der Waals surface area (Å²) in [7, 11) is 1.71. The summed E-state index contributed by atoms with van der Waals surface area (Å²) in [5.74, 6) is 0.306. The highest BCUT2D eigenvalue weighted by Crippen LogP contribution is 2.40. The molecule has 0 unspecified atom stereocenters. The summed E-state index contributed by atoms with van der Waals surface area (Å²) >= 11 is 6.44. The second kappa shape index (κ2) is 11.0. The van der Waals surface area contributed by atoms with E-state index < -0.39 is 0 Å². The zero-order valence-corrected chi connectivity index (χ0v) is 18.3. The minimum absolute atomic E-state index is 0.0703. The van der Waals surface area contributed by atoms with E-state index in [9.17, 15) is 4.79 Å². The first kappa shape index (κ1) is 22.9. The molecule has 2 aliphatic heterocycles. The zero-order valence-electron chi connectivity index (χ0n) is 17.5.